The van der Waals surface area contributed by atoms with Crippen LogP contribution in [-0.4, -0.2) is 43.2 Å². The van der Waals surface area contributed by atoms with Gasteiger partial charge in [0.25, 0.3) is 0 Å². The molecule has 3 aromatic rings. The standard InChI is InChI=1S/C22H21N3O3S/c1-29(26,27)25-9-6-20(7-10-25)28-22-13-19(12-18-5-8-24-15-21(18)22)17-4-2-3-16(11-17)14-23/h2-5,8,11-13,15,20H,6-7,9-10H2,1H3. The van der Waals surface area contributed by atoms with Crippen LogP contribution in [0.25, 0.3) is 21.9 Å². The molecular formula is C22H21N3O3S. The molecule has 1 aliphatic heterocycles. The van der Waals surface area contributed by atoms with E-state index < -0.39 is 10.0 Å². The van der Waals surface area contributed by atoms with Crippen LogP contribution >= 0.6 is 0 Å². The average molecular weight is 407 g/mol. The fourth-order valence-electron chi connectivity index (χ4n) is 3.66. The number of nitriles is 1. The number of rotatable bonds is 4. The summed E-state index contributed by atoms with van der Waals surface area (Å²) >= 11 is 0. The van der Waals surface area contributed by atoms with E-state index >= 15 is 0 Å². The molecule has 4 rings (SSSR count). The topological polar surface area (TPSA) is 83.3 Å². The smallest absolute Gasteiger partial charge is 0.211 e. The van der Waals surface area contributed by atoms with Crippen molar-refractivity contribution in [1.29, 1.82) is 5.26 Å². The molecule has 0 amide bonds. The fraction of sp³-hybridized carbons (Fsp3) is 0.273. The Morgan fingerprint density at radius 2 is 1.93 bits per heavy atom. The lowest BCUT2D eigenvalue weighted by Gasteiger charge is -2.30. The van der Waals surface area contributed by atoms with E-state index in [1.165, 1.54) is 10.6 Å². The molecule has 0 aliphatic carbocycles. The van der Waals surface area contributed by atoms with Crippen molar-refractivity contribution in [2.75, 3.05) is 19.3 Å². The van der Waals surface area contributed by atoms with Crippen molar-refractivity contribution in [3.05, 3.63) is 60.4 Å². The minimum Gasteiger partial charge on any atom is -0.490 e. The summed E-state index contributed by atoms with van der Waals surface area (Å²) in [4.78, 5) is 4.23. The van der Waals surface area contributed by atoms with Gasteiger partial charge in [-0.3, -0.25) is 4.98 Å². The van der Waals surface area contributed by atoms with E-state index in [9.17, 15) is 13.7 Å². The van der Waals surface area contributed by atoms with Gasteiger partial charge in [-0.15, -0.1) is 0 Å². The summed E-state index contributed by atoms with van der Waals surface area (Å²) in [6.45, 7) is 0.924. The molecule has 29 heavy (non-hydrogen) atoms. The first-order valence-electron chi connectivity index (χ1n) is 9.44. The van der Waals surface area contributed by atoms with Gasteiger partial charge in [-0.2, -0.15) is 5.26 Å². The number of piperidine rings is 1. The minimum atomic E-state index is -3.16. The maximum Gasteiger partial charge on any atom is 0.211 e. The van der Waals surface area contributed by atoms with E-state index in [2.05, 4.69) is 17.1 Å². The van der Waals surface area contributed by atoms with Crippen LogP contribution in [0.5, 0.6) is 5.75 Å². The highest BCUT2D eigenvalue weighted by Gasteiger charge is 2.26. The van der Waals surface area contributed by atoms with E-state index in [1.54, 1.807) is 18.5 Å². The zero-order valence-electron chi connectivity index (χ0n) is 16.1. The molecule has 0 atom stereocenters. The van der Waals surface area contributed by atoms with Crippen molar-refractivity contribution in [1.82, 2.24) is 9.29 Å². The van der Waals surface area contributed by atoms with Gasteiger partial charge >= 0.3 is 0 Å². The summed E-state index contributed by atoms with van der Waals surface area (Å²) in [5.74, 6) is 0.728. The maximum absolute atomic E-state index is 11.7. The minimum absolute atomic E-state index is 0.0582. The highest BCUT2D eigenvalue weighted by Crippen LogP contribution is 2.34. The van der Waals surface area contributed by atoms with Crippen LogP contribution in [0.1, 0.15) is 18.4 Å². The molecule has 0 radical (unpaired) electrons. The number of sulfonamides is 1. The van der Waals surface area contributed by atoms with Crippen LogP contribution in [0, 0.1) is 11.3 Å². The summed E-state index contributed by atoms with van der Waals surface area (Å²) in [5, 5.41) is 11.1. The van der Waals surface area contributed by atoms with Gasteiger partial charge < -0.3 is 4.74 Å². The highest BCUT2D eigenvalue weighted by atomic mass is 32.2. The Labute approximate surface area is 170 Å². The molecule has 1 fully saturated rings. The molecule has 2 aromatic carbocycles. The Kier molecular flexibility index (Phi) is 5.22. The van der Waals surface area contributed by atoms with Crippen molar-refractivity contribution in [2.24, 2.45) is 0 Å². The second kappa shape index (κ2) is 7.82. The van der Waals surface area contributed by atoms with Crippen LogP contribution in [0.3, 0.4) is 0 Å². The summed E-state index contributed by atoms with van der Waals surface area (Å²) in [5.41, 5.74) is 2.51. The molecule has 0 saturated carbocycles. The number of pyridine rings is 1. The fourth-order valence-corrected chi connectivity index (χ4v) is 4.53. The van der Waals surface area contributed by atoms with Gasteiger partial charge in [-0.25, -0.2) is 12.7 Å². The van der Waals surface area contributed by atoms with Crippen LogP contribution in [0.2, 0.25) is 0 Å². The first-order valence-corrected chi connectivity index (χ1v) is 11.3. The molecule has 0 spiro atoms. The third-order valence-corrected chi connectivity index (χ3v) is 6.51. The third kappa shape index (κ3) is 4.24. The van der Waals surface area contributed by atoms with Gasteiger partial charge in [-0.1, -0.05) is 12.1 Å². The summed E-state index contributed by atoms with van der Waals surface area (Å²) in [6, 6.07) is 15.6. The molecule has 0 unspecified atom stereocenters. The number of aromatic nitrogens is 1. The second-order valence-corrected chi connectivity index (χ2v) is 9.23. The number of hydrogen-bond donors (Lipinski definition) is 0. The van der Waals surface area contributed by atoms with Gasteiger partial charge in [0.15, 0.2) is 0 Å². The first kappa shape index (κ1) is 19.4. The third-order valence-electron chi connectivity index (χ3n) is 5.21. The van der Waals surface area contributed by atoms with Crippen molar-refractivity contribution in [3.63, 3.8) is 0 Å². The summed E-state index contributed by atoms with van der Waals surface area (Å²) in [6.07, 6.45) is 5.99. The number of benzene rings is 2. The summed E-state index contributed by atoms with van der Waals surface area (Å²) < 4.78 is 31.3. The van der Waals surface area contributed by atoms with Crippen LogP contribution < -0.4 is 4.74 Å². The molecule has 7 heteroatoms. The van der Waals surface area contributed by atoms with Gasteiger partial charge in [0.05, 0.1) is 17.9 Å². The van der Waals surface area contributed by atoms with Crippen molar-refractivity contribution in [2.45, 2.75) is 18.9 Å². The van der Waals surface area contributed by atoms with Crippen molar-refractivity contribution < 1.29 is 13.2 Å². The van der Waals surface area contributed by atoms with Crippen molar-refractivity contribution in [3.8, 4) is 22.9 Å². The normalized spacial score (nSPS) is 15.9. The SMILES string of the molecule is CS(=O)(=O)N1CCC(Oc2cc(-c3cccc(C#N)c3)cc3ccncc23)CC1. The Hall–Kier alpha value is -2.95. The molecule has 1 aliphatic rings. The van der Waals surface area contributed by atoms with Crippen LogP contribution in [0.4, 0.5) is 0 Å². The number of nitrogens with zero attached hydrogens (tertiary/aromatic N) is 3. The van der Waals surface area contributed by atoms with E-state index in [1.807, 2.05) is 30.3 Å². The Balaban J connectivity index is 1.66. The Morgan fingerprint density at radius 3 is 2.66 bits per heavy atom. The Morgan fingerprint density at radius 1 is 1.14 bits per heavy atom. The van der Waals surface area contributed by atoms with Crippen LogP contribution in [-0.2, 0) is 10.0 Å². The molecule has 1 aromatic heterocycles. The number of hydrogen-bond acceptors (Lipinski definition) is 5. The molecule has 0 bridgehead atoms. The lowest BCUT2D eigenvalue weighted by atomic mass is 10.00. The molecule has 2 heterocycles. The number of ether oxygens (including phenoxy) is 1. The predicted octanol–water partition coefficient (Wildman–Crippen LogP) is 3.58. The van der Waals surface area contributed by atoms with Gasteiger partial charge in [0, 0.05) is 30.9 Å². The Bertz CT molecular complexity index is 1190. The monoisotopic (exact) mass is 407 g/mol. The predicted molar refractivity (Wildman–Crippen MR) is 112 cm³/mol. The largest absolute Gasteiger partial charge is 0.490 e. The van der Waals surface area contributed by atoms with Gasteiger partial charge in [0.1, 0.15) is 11.9 Å². The second-order valence-electron chi connectivity index (χ2n) is 7.24. The molecule has 148 valence electrons. The van der Waals surface area contributed by atoms with E-state index in [4.69, 9.17) is 4.74 Å². The average Bonchev–Trinajstić information content (AvgIpc) is 2.73. The number of fused-ring (bicyclic) bond motifs is 1. The molecule has 1 saturated heterocycles. The molecule has 0 N–H and O–H groups in total. The highest BCUT2D eigenvalue weighted by molar-refractivity contribution is 7.88. The van der Waals surface area contributed by atoms with E-state index in [0.717, 1.165) is 27.6 Å². The van der Waals surface area contributed by atoms with Crippen LogP contribution in [0.15, 0.2) is 54.9 Å². The molecular weight excluding hydrogens is 386 g/mol. The quantitative estimate of drug-likeness (QED) is 0.660. The van der Waals surface area contributed by atoms with Gasteiger partial charge in [-0.05, 0) is 59.7 Å². The van der Waals surface area contributed by atoms with E-state index in [0.29, 0.717) is 31.5 Å². The van der Waals surface area contributed by atoms with Crippen molar-refractivity contribution >= 4 is 20.8 Å². The zero-order valence-corrected chi connectivity index (χ0v) is 16.9. The molecule has 6 nitrogen and oxygen atoms in total. The lowest BCUT2D eigenvalue weighted by Crippen LogP contribution is -2.41. The summed E-state index contributed by atoms with van der Waals surface area (Å²) in [7, 11) is -3.16. The van der Waals surface area contributed by atoms with E-state index in [-0.39, 0.29) is 6.10 Å². The first-order chi connectivity index (χ1) is 13.9. The maximum atomic E-state index is 11.7. The lowest BCUT2D eigenvalue weighted by molar-refractivity contribution is 0.137. The van der Waals surface area contributed by atoms with Gasteiger partial charge in [0.2, 0.25) is 10.0 Å². The zero-order chi connectivity index (χ0) is 20.4.